The molecule has 4 heteroatoms. The standard InChI is InChI=1S/C15H21NO3/c1-3-16-14(15(17)18-2)10-19-13-8-7-11-5-4-6-12(11)9-13/h7-9,14,16H,3-6,10H2,1-2H3. The van der Waals surface area contributed by atoms with E-state index >= 15 is 0 Å². The molecule has 0 heterocycles. The highest BCUT2D eigenvalue weighted by Crippen LogP contribution is 2.26. The number of carbonyl (C=O) groups excluding carboxylic acids is 1. The highest BCUT2D eigenvalue weighted by Gasteiger charge is 2.19. The zero-order valence-electron chi connectivity index (χ0n) is 11.6. The van der Waals surface area contributed by atoms with E-state index in [0.29, 0.717) is 13.2 Å². The van der Waals surface area contributed by atoms with E-state index in [-0.39, 0.29) is 5.97 Å². The molecule has 19 heavy (non-hydrogen) atoms. The summed E-state index contributed by atoms with van der Waals surface area (Å²) in [4.78, 5) is 11.5. The largest absolute Gasteiger partial charge is 0.491 e. The van der Waals surface area contributed by atoms with Crippen LogP contribution in [0.1, 0.15) is 24.5 Å². The summed E-state index contributed by atoms with van der Waals surface area (Å²) in [7, 11) is 1.39. The van der Waals surface area contributed by atoms with Crippen molar-refractivity contribution in [3.05, 3.63) is 29.3 Å². The van der Waals surface area contributed by atoms with Crippen LogP contribution in [0.5, 0.6) is 5.75 Å². The number of benzene rings is 1. The number of hydrogen-bond acceptors (Lipinski definition) is 4. The normalized spacial score (nSPS) is 14.8. The Morgan fingerprint density at radius 2 is 2.16 bits per heavy atom. The fourth-order valence-corrected chi connectivity index (χ4v) is 2.42. The zero-order chi connectivity index (χ0) is 13.7. The Labute approximate surface area is 114 Å². The van der Waals surface area contributed by atoms with Crippen molar-refractivity contribution in [1.82, 2.24) is 5.32 Å². The second kappa shape index (κ2) is 6.57. The molecular formula is C15H21NO3. The van der Waals surface area contributed by atoms with Gasteiger partial charge in [-0.3, -0.25) is 4.79 Å². The van der Waals surface area contributed by atoms with Crippen molar-refractivity contribution >= 4 is 5.97 Å². The maximum atomic E-state index is 11.5. The molecule has 1 aliphatic rings. The molecule has 1 unspecified atom stereocenters. The van der Waals surface area contributed by atoms with Gasteiger partial charge in [0, 0.05) is 0 Å². The summed E-state index contributed by atoms with van der Waals surface area (Å²) in [6.07, 6.45) is 3.51. The molecule has 0 fully saturated rings. The van der Waals surface area contributed by atoms with Gasteiger partial charge in [-0.1, -0.05) is 13.0 Å². The van der Waals surface area contributed by atoms with E-state index < -0.39 is 6.04 Å². The minimum atomic E-state index is -0.414. The third-order valence-corrected chi connectivity index (χ3v) is 3.42. The van der Waals surface area contributed by atoms with Gasteiger partial charge in [0.05, 0.1) is 7.11 Å². The predicted molar refractivity (Wildman–Crippen MR) is 73.4 cm³/mol. The van der Waals surface area contributed by atoms with Crippen molar-refractivity contribution in [3.63, 3.8) is 0 Å². The Bertz CT molecular complexity index is 445. The first-order valence-electron chi connectivity index (χ1n) is 6.80. The van der Waals surface area contributed by atoms with E-state index in [1.54, 1.807) is 0 Å². The average Bonchev–Trinajstić information content (AvgIpc) is 2.90. The van der Waals surface area contributed by atoms with Gasteiger partial charge in [0.25, 0.3) is 0 Å². The molecule has 0 spiro atoms. The van der Waals surface area contributed by atoms with E-state index in [0.717, 1.165) is 18.6 Å². The van der Waals surface area contributed by atoms with Crippen LogP contribution < -0.4 is 10.1 Å². The number of fused-ring (bicyclic) bond motifs is 1. The number of rotatable bonds is 6. The number of likely N-dealkylation sites (N-methyl/N-ethyl adjacent to an activating group) is 1. The molecule has 1 N–H and O–H groups in total. The number of hydrogen-bond donors (Lipinski definition) is 1. The fraction of sp³-hybridized carbons (Fsp3) is 0.533. The molecule has 0 aromatic heterocycles. The van der Waals surface area contributed by atoms with E-state index in [2.05, 4.69) is 17.4 Å². The van der Waals surface area contributed by atoms with Crippen LogP contribution in [0.15, 0.2) is 18.2 Å². The molecule has 0 saturated carbocycles. The Morgan fingerprint density at radius 3 is 2.89 bits per heavy atom. The van der Waals surface area contributed by atoms with Crippen molar-refractivity contribution in [2.24, 2.45) is 0 Å². The summed E-state index contributed by atoms with van der Waals surface area (Å²) >= 11 is 0. The van der Waals surface area contributed by atoms with Crippen LogP contribution in [-0.4, -0.2) is 32.3 Å². The number of carbonyl (C=O) groups is 1. The SMILES string of the molecule is CCNC(COc1ccc2c(c1)CCC2)C(=O)OC. The number of ether oxygens (including phenoxy) is 2. The van der Waals surface area contributed by atoms with E-state index in [1.165, 1.54) is 24.7 Å². The second-order valence-electron chi connectivity index (χ2n) is 4.73. The van der Waals surface area contributed by atoms with Crippen LogP contribution in [0.3, 0.4) is 0 Å². The highest BCUT2D eigenvalue weighted by molar-refractivity contribution is 5.75. The summed E-state index contributed by atoms with van der Waals surface area (Å²) in [6, 6.07) is 5.77. The lowest BCUT2D eigenvalue weighted by molar-refractivity contribution is -0.143. The van der Waals surface area contributed by atoms with Crippen LogP contribution in [0, 0.1) is 0 Å². The Balaban J connectivity index is 1.95. The first-order chi connectivity index (χ1) is 9.24. The summed E-state index contributed by atoms with van der Waals surface area (Å²) < 4.78 is 10.5. The Hall–Kier alpha value is -1.55. The first-order valence-corrected chi connectivity index (χ1v) is 6.80. The van der Waals surface area contributed by atoms with Gasteiger partial charge in [0.1, 0.15) is 18.4 Å². The molecule has 1 atom stereocenters. The van der Waals surface area contributed by atoms with Gasteiger partial charge in [0.15, 0.2) is 0 Å². The van der Waals surface area contributed by atoms with Crippen molar-refractivity contribution in [2.45, 2.75) is 32.2 Å². The van der Waals surface area contributed by atoms with Crippen molar-refractivity contribution < 1.29 is 14.3 Å². The van der Waals surface area contributed by atoms with Crippen LogP contribution >= 0.6 is 0 Å². The number of esters is 1. The van der Waals surface area contributed by atoms with Gasteiger partial charge >= 0.3 is 5.97 Å². The molecule has 0 amide bonds. The molecular weight excluding hydrogens is 242 g/mol. The molecule has 0 bridgehead atoms. The molecule has 0 aliphatic heterocycles. The molecule has 2 rings (SSSR count). The molecule has 1 aliphatic carbocycles. The van der Waals surface area contributed by atoms with E-state index in [1.807, 2.05) is 13.0 Å². The lowest BCUT2D eigenvalue weighted by Gasteiger charge is -2.16. The third-order valence-electron chi connectivity index (χ3n) is 3.42. The monoisotopic (exact) mass is 263 g/mol. The number of aryl methyl sites for hydroxylation is 2. The third kappa shape index (κ3) is 3.47. The molecule has 1 aromatic carbocycles. The summed E-state index contributed by atoms with van der Waals surface area (Å²) in [6.45, 7) is 2.94. The predicted octanol–water partition coefficient (Wildman–Crippen LogP) is 1.71. The summed E-state index contributed by atoms with van der Waals surface area (Å²) in [5.41, 5.74) is 2.79. The van der Waals surface area contributed by atoms with Crippen LogP contribution in [0.25, 0.3) is 0 Å². The van der Waals surface area contributed by atoms with Gasteiger partial charge in [0.2, 0.25) is 0 Å². The molecule has 1 aromatic rings. The first kappa shape index (κ1) is 13.9. The average molecular weight is 263 g/mol. The van der Waals surface area contributed by atoms with Crippen LogP contribution in [0.4, 0.5) is 0 Å². The Kier molecular flexibility index (Phi) is 4.80. The summed E-state index contributed by atoms with van der Waals surface area (Å²) in [5, 5.41) is 3.06. The van der Waals surface area contributed by atoms with Gasteiger partial charge in [-0.05, 0) is 49.1 Å². The van der Waals surface area contributed by atoms with Crippen LogP contribution in [0.2, 0.25) is 0 Å². The molecule has 4 nitrogen and oxygen atoms in total. The highest BCUT2D eigenvalue weighted by atomic mass is 16.5. The lowest BCUT2D eigenvalue weighted by atomic mass is 10.1. The van der Waals surface area contributed by atoms with Crippen LogP contribution in [-0.2, 0) is 22.4 Å². The summed E-state index contributed by atoms with van der Waals surface area (Å²) in [5.74, 6) is 0.537. The molecule has 0 radical (unpaired) electrons. The maximum absolute atomic E-state index is 11.5. The van der Waals surface area contributed by atoms with Crippen molar-refractivity contribution in [1.29, 1.82) is 0 Å². The quantitative estimate of drug-likeness (QED) is 0.794. The fourth-order valence-electron chi connectivity index (χ4n) is 2.42. The second-order valence-corrected chi connectivity index (χ2v) is 4.73. The van der Waals surface area contributed by atoms with Gasteiger partial charge in [-0.2, -0.15) is 0 Å². The topological polar surface area (TPSA) is 47.6 Å². The van der Waals surface area contributed by atoms with Crippen molar-refractivity contribution in [3.8, 4) is 5.75 Å². The van der Waals surface area contributed by atoms with Gasteiger partial charge in [-0.15, -0.1) is 0 Å². The Morgan fingerprint density at radius 1 is 1.37 bits per heavy atom. The maximum Gasteiger partial charge on any atom is 0.326 e. The van der Waals surface area contributed by atoms with E-state index in [9.17, 15) is 4.79 Å². The minimum absolute atomic E-state index is 0.289. The van der Waals surface area contributed by atoms with E-state index in [4.69, 9.17) is 9.47 Å². The number of nitrogens with one attached hydrogen (secondary N) is 1. The smallest absolute Gasteiger partial charge is 0.326 e. The zero-order valence-corrected chi connectivity index (χ0v) is 11.6. The minimum Gasteiger partial charge on any atom is -0.491 e. The lowest BCUT2D eigenvalue weighted by Crippen LogP contribution is -2.42. The molecule has 0 saturated heterocycles. The van der Waals surface area contributed by atoms with Crippen molar-refractivity contribution in [2.75, 3.05) is 20.3 Å². The molecule has 104 valence electrons. The van der Waals surface area contributed by atoms with Gasteiger partial charge in [-0.25, -0.2) is 0 Å². The van der Waals surface area contributed by atoms with Gasteiger partial charge < -0.3 is 14.8 Å². The number of methoxy groups -OCH3 is 1.